The lowest BCUT2D eigenvalue weighted by atomic mass is 10.2. The number of hydrogen-bond donors (Lipinski definition) is 2. The number of anilines is 1. The molecule has 1 aliphatic rings. The highest BCUT2D eigenvalue weighted by Crippen LogP contribution is 2.17. The fourth-order valence-corrected chi connectivity index (χ4v) is 2.08. The molecule has 0 amide bonds. The zero-order valence-corrected chi connectivity index (χ0v) is 7.76. The zero-order valence-electron chi connectivity index (χ0n) is 6.95. The third-order valence-corrected chi connectivity index (χ3v) is 3.06. The van der Waals surface area contributed by atoms with Gasteiger partial charge in [-0.1, -0.05) is 18.2 Å². The van der Waals surface area contributed by atoms with E-state index in [0.717, 1.165) is 11.3 Å². The lowest BCUT2D eigenvalue weighted by Crippen LogP contribution is -2.25. The molecule has 0 unspecified atom stereocenters. The van der Waals surface area contributed by atoms with Crippen LogP contribution in [0, 0.1) is 0 Å². The average molecular weight is 198 g/mol. The Balaban J connectivity index is 2.37. The summed E-state index contributed by atoms with van der Waals surface area (Å²) in [5.41, 5.74) is 1.86. The minimum absolute atomic E-state index is 0.0516. The largest absolute Gasteiger partial charge is 0.370 e. The van der Waals surface area contributed by atoms with E-state index in [1.54, 1.807) is 0 Å². The van der Waals surface area contributed by atoms with Gasteiger partial charge in [0, 0.05) is 12.2 Å². The molecule has 5 heteroatoms. The number of para-hydroxylation sites is 1. The summed E-state index contributed by atoms with van der Waals surface area (Å²) >= 11 is 0. The summed E-state index contributed by atoms with van der Waals surface area (Å²) in [5.74, 6) is -0.0516. The summed E-state index contributed by atoms with van der Waals surface area (Å²) < 4.78 is 24.8. The molecule has 0 saturated heterocycles. The highest BCUT2D eigenvalue weighted by Gasteiger charge is 2.15. The van der Waals surface area contributed by atoms with Gasteiger partial charge in [0.25, 0.3) is 0 Å². The van der Waals surface area contributed by atoms with Crippen molar-refractivity contribution in [2.75, 3.05) is 11.2 Å². The van der Waals surface area contributed by atoms with Gasteiger partial charge in [0.05, 0.1) is 0 Å². The van der Waals surface area contributed by atoms with Crippen LogP contribution in [-0.4, -0.2) is 14.3 Å². The fraction of sp³-hybridized carbons (Fsp3) is 0.250. The highest BCUT2D eigenvalue weighted by atomic mass is 32.2. The summed E-state index contributed by atoms with van der Waals surface area (Å²) in [6.07, 6.45) is 0. The van der Waals surface area contributed by atoms with Gasteiger partial charge >= 0.3 is 0 Å². The molecule has 2 N–H and O–H groups in total. The number of sulfonamides is 1. The Bertz CT molecular complexity index is 381. The van der Waals surface area contributed by atoms with E-state index in [-0.39, 0.29) is 5.88 Å². The highest BCUT2D eigenvalue weighted by molar-refractivity contribution is 7.89. The molecule has 0 saturated carbocycles. The summed E-state index contributed by atoms with van der Waals surface area (Å²) in [4.78, 5) is 0. The number of rotatable bonds is 0. The molecule has 1 aliphatic heterocycles. The van der Waals surface area contributed by atoms with E-state index < -0.39 is 10.0 Å². The molecule has 2 rings (SSSR count). The van der Waals surface area contributed by atoms with Gasteiger partial charge in [-0.15, -0.1) is 0 Å². The van der Waals surface area contributed by atoms with Crippen molar-refractivity contribution in [2.24, 2.45) is 0 Å². The first-order chi connectivity index (χ1) is 6.17. The third kappa shape index (κ3) is 1.81. The van der Waals surface area contributed by atoms with Crippen molar-refractivity contribution in [3.8, 4) is 0 Å². The molecule has 1 aromatic rings. The molecule has 0 spiro atoms. The van der Waals surface area contributed by atoms with Crippen molar-refractivity contribution in [1.29, 1.82) is 0 Å². The van der Waals surface area contributed by atoms with E-state index >= 15 is 0 Å². The summed E-state index contributed by atoms with van der Waals surface area (Å²) in [6.45, 7) is 0.367. The van der Waals surface area contributed by atoms with Gasteiger partial charge in [0.2, 0.25) is 10.0 Å². The third-order valence-electron chi connectivity index (χ3n) is 1.95. The van der Waals surface area contributed by atoms with Gasteiger partial charge in [0.15, 0.2) is 0 Å². The second-order valence-corrected chi connectivity index (χ2v) is 4.72. The maximum Gasteiger partial charge on any atom is 0.229 e. The van der Waals surface area contributed by atoms with E-state index in [9.17, 15) is 8.42 Å². The molecule has 0 radical (unpaired) electrons. The quantitative estimate of drug-likeness (QED) is 0.638. The van der Waals surface area contributed by atoms with Gasteiger partial charge in [-0.05, 0) is 11.6 Å². The van der Waals surface area contributed by atoms with Gasteiger partial charge in [0.1, 0.15) is 5.88 Å². The number of benzene rings is 1. The van der Waals surface area contributed by atoms with Crippen LogP contribution in [-0.2, 0) is 16.6 Å². The van der Waals surface area contributed by atoms with Crippen LogP contribution in [0.2, 0.25) is 0 Å². The molecule has 70 valence electrons. The smallest absolute Gasteiger partial charge is 0.229 e. The van der Waals surface area contributed by atoms with Crippen molar-refractivity contribution in [2.45, 2.75) is 6.54 Å². The second-order valence-electron chi connectivity index (χ2n) is 2.91. The Morgan fingerprint density at radius 3 is 2.85 bits per heavy atom. The Labute approximate surface area is 77.0 Å². The van der Waals surface area contributed by atoms with Crippen LogP contribution >= 0.6 is 0 Å². The normalized spacial score (nSPS) is 19.7. The Kier molecular flexibility index (Phi) is 1.97. The number of fused-ring (bicyclic) bond motifs is 1. The van der Waals surface area contributed by atoms with Crippen LogP contribution in [0.15, 0.2) is 24.3 Å². The fourth-order valence-electron chi connectivity index (χ4n) is 1.26. The molecule has 13 heavy (non-hydrogen) atoms. The van der Waals surface area contributed by atoms with Crippen LogP contribution in [0.1, 0.15) is 5.56 Å². The van der Waals surface area contributed by atoms with Gasteiger partial charge in [-0.25, -0.2) is 13.1 Å². The van der Waals surface area contributed by atoms with Crippen LogP contribution in [0.5, 0.6) is 0 Å². The van der Waals surface area contributed by atoms with Crippen molar-refractivity contribution < 1.29 is 8.42 Å². The lowest BCUT2D eigenvalue weighted by Gasteiger charge is -2.03. The molecule has 0 aromatic heterocycles. The van der Waals surface area contributed by atoms with E-state index in [0.29, 0.717) is 6.54 Å². The zero-order chi connectivity index (χ0) is 9.31. The summed E-state index contributed by atoms with van der Waals surface area (Å²) in [5, 5.41) is 2.86. The summed E-state index contributed by atoms with van der Waals surface area (Å²) in [6, 6.07) is 7.54. The molecule has 0 bridgehead atoms. The monoisotopic (exact) mass is 198 g/mol. The van der Waals surface area contributed by atoms with Gasteiger partial charge in [-0.2, -0.15) is 0 Å². The SMILES string of the molecule is O=S1(=O)CNc2ccccc2CN1. The average Bonchev–Trinajstić information content (AvgIpc) is 2.27. The molecule has 1 aromatic carbocycles. The molecular formula is C8H10N2O2S. The summed E-state index contributed by atoms with van der Waals surface area (Å²) in [7, 11) is -3.15. The van der Waals surface area contributed by atoms with E-state index in [1.165, 1.54) is 0 Å². The molecule has 0 aliphatic carbocycles. The van der Waals surface area contributed by atoms with Crippen LogP contribution in [0.3, 0.4) is 0 Å². The van der Waals surface area contributed by atoms with Crippen LogP contribution in [0.25, 0.3) is 0 Å². The maximum atomic E-state index is 11.2. The number of nitrogens with one attached hydrogen (secondary N) is 2. The molecule has 1 heterocycles. The van der Waals surface area contributed by atoms with E-state index in [1.807, 2.05) is 24.3 Å². The van der Waals surface area contributed by atoms with Crippen molar-refractivity contribution in [3.63, 3.8) is 0 Å². The minimum atomic E-state index is -3.15. The Hall–Kier alpha value is -1.07. The van der Waals surface area contributed by atoms with E-state index in [2.05, 4.69) is 10.0 Å². The standard InChI is InChI=1S/C8H10N2O2S/c11-13(12)6-9-8-4-2-1-3-7(8)5-10-13/h1-4,9-10H,5-6H2. The van der Waals surface area contributed by atoms with Gasteiger partial charge in [-0.3, -0.25) is 0 Å². The maximum absolute atomic E-state index is 11.2. The minimum Gasteiger partial charge on any atom is -0.370 e. The first kappa shape index (κ1) is 8.52. The van der Waals surface area contributed by atoms with Gasteiger partial charge < -0.3 is 5.32 Å². The Morgan fingerprint density at radius 1 is 1.23 bits per heavy atom. The molecule has 0 atom stereocenters. The molecule has 4 nitrogen and oxygen atoms in total. The predicted molar refractivity (Wildman–Crippen MR) is 50.7 cm³/mol. The second kappa shape index (κ2) is 3.01. The first-order valence-electron chi connectivity index (χ1n) is 3.96. The number of hydrogen-bond acceptors (Lipinski definition) is 3. The van der Waals surface area contributed by atoms with Crippen molar-refractivity contribution in [3.05, 3.63) is 29.8 Å². The van der Waals surface area contributed by atoms with E-state index in [4.69, 9.17) is 0 Å². The van der Waals surface area contributed by atoms with Crippen LogP contribution in [0.4, 0.5) is 5.69 Å². The van der Waals surface area contributed by atoms with Crippen molar-refractivity contribution >= 4 is 15.7 Å². The predicted octanol–water partition coefficient (Wildman–Crippen LogP) is 0.489. The van der Waals surface area contributed by atoms with Crippen LogP contribution < -0.4 is 10.0 Å². The Morgan fingerprint density at radius 2 is 2.00 bits per heavy atom. The first-order valence-corrected chi connectivity index (χ1v) is 5.62. The van der Waals surface area contributed by atoms with Crippen molar-refractivity contribution in [1.82, 2.24) is 4.72 Å². The molecular weight excluding hydrogens is 188 g/mol. The topological polar surface area (TPSA) is 58.2 Å². The lowest BCUT2D eigenvalue weighted by molar-refractivity contribution is 0.584. The molecule has 0 fully saturated rings.